The van der Waals surface area contributed by atoms with Gasteiger partial charge in [0.2, 0.25) is 5.28 Å². The Hall–Kier alpha value is -2.22. The number of aromatic nitrogens is 2. The molecule has 0 spiro atoms. The highest BCUT2D eigenvalue weighted by molar-refractivity contribution is 7.21. The van der Waals surface area contributed by atoms with Crippen molar-refractivity contribution in [2.45, 2.75) is 37.8 Å². The summed E-state index contributed by atoms with van der Waals surface area (Å²) in [6, 6.07) is 10.7. The molecular formula is C23H24ClN3O3S. The molecule has 0 amide bonds. The smallest absolute Gasteiger partial charge is 0.348 e. The average molecular weight is 458 g/mol. The number of anilines is 1. The van der Waals surface area contributed by atoms with Crippen LogP contribution in [-0.4, -0.2) is 48.8 Å². The molecule has 31 heavy (non-hydrogen) atoms. The van der Waals surface area contributed by atoms with Gasteiger partial charge >= 0.3 is 5.97 Å². The molecule has 2 fully saturated rings. The summed E-state index contributed by atoms with van der Waals surface area (Å²) >= 11 is 7.70. The van der Waals surface area contributed by atoms with Gasteiger partial charge in [-0.15, -0.1) is 11.3 Å². The summed E-state index contributed by atoms with van der Waals surface area (Å²) in [5, 5.41) is 1.10. The second-order valence-electron chi connectivity index (χ2n) is 8.25. The number of nitrogens with zero attached hydrogens (tertiary/aromatic N) is 3. The van der Waals surface area contributed by atoms with Gasteiger partial charge in [-0.05, 0) is 48.8 Å². The van der Waals surface area contributed by atoms with Gasteiger partial charge in [-0.3, -0.25) is 0 Å². The zero-order valence-corrected chi connectivity index (χ0v) is 19.1. The monoisotopic (exact) mass is 457 g/mol. The van der Waals surface area contributed by atoms with E-state index in [0.717, 1.165) is 54.6 Å². The molecule has 2 saturated heterocycles. The van der Waals surface area contributed by atoms with E-state index in [4.69, 9.17) is 26.1 Å². The number of thiophene rings is 1. The number of halogens is 1. The van der Waals surface area contributed by atoms with Crippen LogP contribution < -0.4 is 4.90 Å². The van der Waals surface area contributed by atoms with Crippen LogP contribution in [0.2, 0.25) is 5.28 Å². The number of benzene rings is 1. The lowest BCUT2D eigenvalue weighted by Crippen LogP contribution is -2.44. The summed E-state index contributed by atoms with van der Waals surface area (Å²) in [4.78, 5) is 25.6. The lowest BCUT2D eigenvalue weighted by molar-refractivity contribution is 0.0607. The Morgan fingerprint density at radius 2 is 1.87 bits per heavy atom. The van der Waals surface area contributed by atoms with Crippen LogP contribution in [0.25, 0.3) is 21.3 Å². The summed E-state index contributed by atoms with van der Waals surface area (Å²) in [6.45, 7) is 0.793. The van der Waals surface area contributed by atoms with Gasteiger partial charge in [-0.2, -0.15) is 4.98 Å². The van der Waals surface area contributed by atoms with Gasteiger partial charge in [-0.25, -0.2) is 9.78 Å². The van der Waals surface area contributed by atoms with Gasteiger partial charge in [0, 0.05) is 31.4 Å². The molecule has 2 aliphatic heterocycles. The van der Waals surface area contributed by atoms with Gasteiger partial charge in [0.25, 0.3) is 0 Å². The van der Waals surface area contributed by atoms with Crippen molar-refractivity contribution in [3.63, 3.8) is 0 Å². The number of hydrogen-bond donors (Lipinski definition) is 0. The van der Waals surface area contributed by atoms with Crippen LogP contribution in [0.3, 0.4) is 0 Å². The SMILES string of the molecule is COCC1CC2CCC(C1)N2c1nc(Cl)nc2sc(C(=O)OC)c(-c3ccccc3)c12. The summed E-state index contributed by atoms with van der Waals surface area (Å²) in [6.07, 6.45) is 4.40. The summed E-state index contributed by atoms with van der Waals surface area (Å²) in [5.41, 5.74) is 1.78. The van der Waals surface area contributed by atoms with Crippen molar-refractivity contribution in [2.24, 2.45) is 5.92 Å². The molecule has 0 saturated carbocycles. The van der Waals surface area contributed by atoms with E-state index in [1.165, 1.54) is 18.4 Å². The normalized spacial score (nSPS) is 22.8. The van der Waals surface area contributed by atoms with Crippen molar-refractivity contribution in [3.8, 4) is 11.1 Å². The second-order valence-corrected chi connectivity index (χ2v) is 9.58. The number of rotatable bonds is 5. The number of methoxy groups -OCH3 is 2. The third-order valence-corrected chi connectivity index (χ3v) is 7.65. The predicted molar refractivity (Wildman–Crippen MR) is 123 cm³/mol. The molecule has 2 bridgehead atoms. The molecule has 0 N–H and O–H groups in total. The first-order valence-electron chi connectivity index (χ1n) is 10.5. The molecule has 6 nitrogen and oxygen atoms in total. The minimum absolute atomic E-state index is 0.207. The first-order chi connectivity index (χ1) is 15.1. The highest BCUT2D eigenvalue weighted by atomic mass is 35.5. The van der Waals surface area contributed by atoms with Crippen LogP contribution in [0.1, 0.15) is 35.4 Å². The zero-order chi connectivity index (χ0) is 21.5. The number of hydrogen-bond acceptors (Lipinski definition) is 7. The fraction of sp³-hybridized carbons (Fsp3) is 0.435. The minimum Gasteiger partial charge on any atom is -0.465 e. The Labute approximate surface area is 190 Å². The zero-order valence-electron chi connectivity index (χ0n) is 17.5. The van der Waals surface area contributed by atoms with E-state index in [1.807, 2.05) is 30.3 Å². The van der Waals surface area contributed by atoms with Crippen molar-refractivity contribution in [2.75, 3.05) is 25.7 Å². The number of piperidine rings is 1. The highest BCUT2D eigenvalue weighted by Crippen LogP contribution is 2.48. The van der Waals surface area contributed by atoms with Gasteiger partial charge in [0.15, 0.2) is 0 Å². The van der Waals surface area contributed by atoms with E-state index >= 15 is 0 Å². The van der Waals surface area contributed by atoms with E-state index in [0.29, 0.717) is 27.7 Å². The van der Waals surface area contributed by atoms with Crippen molar-refractivity contribution in [1.29, 1.82) is 0 Å². The van der Waals surface area contributed by atoms with Gasteiger partial charge in [-0.1, -0.05) is 30.3 Å². The van der Waals surface area contributed by atoms with Crippen LogP contribution in [-0.2, 0) is 9.47 Å². The van der Waals surface area contributed by atoms with Crippen molar-refractivity contribution < 1.29 is 14.3 Å². The Balaban J connectivity index is 1.71. The predicted octanol–water partition coefficient (Wildman–Crippen LogP) is 5.19. The third kappa shape index (κ3) is 3.58. The van der Waals surface area contributed by atoms with Crippen molar-refractivity contribution in [3.05, 3.63) is 40.5 Å². The average Bonchev–Trinajstić information content (AvgIpc) is 3.28. The number of esters is 1. The lowest BCUT2D eigenvalue weighted by Gasteiger charge is -2.40. The van der Waals surface area contributed by atoms with Crippen LogP contribution in [0.5, 0.6) is 0 Å². The molecule has 5 rings (SSSR count). The fourth-order valence-corrected chi connectivity index (χ4v) is 6.59. The van der Waals surface area contributed by atoms with Crippen LogP contribution in [0.15, 0.2) is 30.3 Å². The maximum absolute atomic E-state index is 12.7. The molecule has 4 heterocycles. The third-order valence-electron chi connectivity index (χ3n) is 6.42. The Morgan fingerprint density at radius 1 is 1.16 bits per heavy atom. The summed E-state index contributed by atoms with van der Waals surface area (Å²) < 4.78 is 10.5. The van der Waals surface area contributed by atoms with Gasteiger partial charge in [0.1, 0.15) is 15.5 Å². The molecule has 2 atom stereocenters. The van der Waals surface area contributed by atoms with E-state index in [-0.39, 0.29) is 11.3 Å². The number of carbonyl (C=O) groups is 1. The largest absolute Gasteiger partial charge is 0.465 e. The molecule has 0 radical (unpaired) electrons. The summed E-state index contributed by atoms with van der Waals surface area (Å²) in [7, 11) is 3.18. The van der Waals surface area contributed by atoms with Crippen molar-refractivity contribution in [1.82, 2.24) is 9.97 Å². The lowest BCUT2D eigenvalue weighted by atomic mass is 9.91. The second kappa shape index (κ2) is 8.37. The minimum atomic E-state index is -0.370. The van der Waals surface area contributed by atoms with Gasteiger partial charge < -0.3 is 14.4 Å². The molecule has 162 valence electrons. The molecule has 3 aromatic rings. The molecule has 2 unspecified atom stereocenters. The van der Waals surface area contributed by atoms with Crippen molar-refractivity contribution >= 4 is 44.9 Å². The van der Waals surface area contributed by atoms with E-state index in [9.17, 15) is 4.79 Å². The molecule has 0 aliphatic carbocycles. The van der Waals surface area contributed by atoms with Crippen LogP contribution in [0, 0.1) is 5.92 Å². The molecule has 2 aromatic heterocycles. The Morgan fingerprint density at radius 3 is 2.52 bits per heavy atom. The van der Waals surface area contributed by atoms with Crippen LogP contribution in [0.4, 0.5) is 5.82 Å². The topological polar surface area (TPSA) is 64.5 Å². The number of carbonyl (C=O) groups excluding carboxylic acids is 1. The first-order valence-corrected chi connectivity index (χ1v) is 11.7. The summed E-state index contributed by atoms with van der Waals surface area (Å²) in [5.74, 6) is 1.03. The highest BCUT2D eigenvalue weighted by Gasteiger charge is 2.43. The number of fused-ring (bicyclic) bond motifs is 3. The molecule has 1 aromatic carbocycles. The van der Waals surface area contributed by atoms with E-state index < -0.39 is 0 Å². The standard InChI is InChI=1S/C23H24ClN3O3S/c1-29-12-13-10-15-8-9-16(11-13)27(15)20-18-17(14-6-4-3-5-7-14)19(22(28)30-2)31-21(18)26-23(24)25-20/h3-7,13,15-16H,8-12H2,1-2H3. The Bertz CT molecular complexity index is 1110. The first kappa shape index (κ1) is 20.7. The van der Waals surface area contributed by atoms with Crippen LogP contribution >= 0.6 is 22.9 Å². The van der Waals surface area contributed by atoms with Gasteiger partial charge in [0.05, 0.1) is 12.5 Å². The fourth-order valence-electron chi connectivity index (χ4n) is 5.27. The maximum atomic E-state index is 12.7. The number of ether oxygens (including phenoxy) is 2. The molecule has 2 aliphatic rings. The Kier molecular flexibility index (Phi) is 5.58. The van der Waals surface area contributed by atoms with E-state index in [2.05, 4.69) is 9.88 Å². The quantitative estimate of drug-likeness (QED) is 0.388. The maximum Gasteiger partial charge on any atom is 0.348 e. The van der Waals surface area contributed by atoms with E-state index in [1.54, 1.807) is 7.11 Å². The molecular weight excluding hydrogens is 434 g/mol. The molecule has 8 heteroatoms.